The highest BCUT2D eigenvalue weighted by Crippen LogP contribution is 2.20. The van der Waals surface area contributed by atoms with Gasteiger partial charge < -0.3 is 5.32 Å². The number of nitrogens with one attached hydrogen (secondary N) is 1. The summed E-state index contributed by atoms with van der Waals surface area (Å²) in [5.41, 5.74) is 1.86. The van der Waals surface area contributed by atoms with Gasteiger partial charge >= 0.3 is 0 Å². The fourth-order valence-corrected chi connectivity index (χ4v) is 1.98. The molecule has 0 unspecified atom stereocenters. The van der Waals surface area contributed by atoms with E-state index in [2.05, 4.69) is 41.0 Å². The van der Waals surface area contributed by atoms with Crippen molar-refractivity contribution in [1.82, 2.24) is 15.0 Å². The van der Waals surface area contributed by atoms with E-state index in [1.165, 1.54) is 0 Å². The Hall–Kier alpha value is -1.49. The molecular formula is C12H16N4S. The number of anilines is 1. The minimum Gasteiger partial charge on any atom is -0.350 e. The second-order valence-corrected chi connectivity index (χ2v) is 5.98. The molecule has 2 aromatic heterocycles. The van der Waals surface area contributed by atoms with Gasteiger partial charge in [0.25, 0.3) is 0 Å². The lowest BCUT2D eigenvalue weighted by Crippen LogP contribution is -2.27. The summed E-state index contributed by atoms with van der Waals surface area (Å²) in [6.07, 6.45) is 3.60. The predicted molar refractivity (Wildman–Crippen MR) is 71.3 cm³/mol. The first-order valence-corrected chi connectivity index (χ1v) is 6.35. The molecule has 0 aliphatic rings. The summed E-state index contributed by atoms with van der Waals surface area (Å²) in [5.74, 6) is 0.646. The molecule has 0 amide bonds. The summed E-state index contributed by atoms with van der Waals surface area (Å²) in [6, 6.07) is 0. The van der Waals surface area contributed by atoms with E-state index in [1.54, 1.807) is 23.7 Å². The summed E-state index contributed by atoms with van der Waals surface area (Å²) in [5, 5.41) is 6.30. The number of rotatable bonds is 2. The van der Waals surface area contributed by atoms with Crippen molar-refractivity contribution in [3.63, 3.8) is 0 Å². The maximum absolute atomic E-state index is 4.40. The average Bonchev–Trinajstić information content (AvgIpc) is 2.63. The Labute approximate surface area is 105 Å². The Morgan fingerprint density at radius 3 is 2.29 bits per heavy atom. The molecule has 1 N–H and O–H groups in total. The van der Waals surface area contributed by atoms with Gasteiger partial charge in [0.15, 0.2) is 0 Å². The van der Waals surface area contributed by atoms with Crippen molar-refractivity contribution >= 4 is 17.3 Å². The zero-order valence-electron chi connectivity index (χ0n) is 10.5. The largest absolute Gasteiger partial charge is 0.350 e. The highest BCUT2D eigenvalue weighted by Gasteiger charge is 2.11. The van der Waals surface area contributed by atoms with E-state index in [-0.39, 0.29) is 5.54 Å². The van der Waals surface area contributed by atoms with Crippen molar-refractivity contribution in [3.05, 3.63) is 22.8 Å². The number of thiazole rings is 1. The van der Waals surface area contributed by atoms with Gasteiger partial charge in [-0.25, -0.2) is 15.0 Å². The molecule has 0 atom stereocenters. The first-order valence-electron chi connectivity index (χ1n) is 5.47. The van der Waals surface area contributed by atoms with Crippen LogP contribution in [0, 0.1) is 6.92 Å². The smallest absolute Gasteiger partial charge is 0.223 e. The van der Waals surface area contributed by atoms with E-state index in [9.17, 15) is 0 Å². The van der Waals surface area contributed by atoms with E-state index >= 15 is 0 Å². The Morgan fingerprint density at radius 1 is 1.18 bits per heavy atom. The molecule has 0 aliphatic heterocycles. The molecule has 17 heavy (non-hydrogen) atoms. The van der Waals surface area contributed by atoms with Crippen LogP contribution in [0.5, 0.6) is 0 Å². The SMILES string of the molecule is Cc1nc(-c2cnc(NC(C)(C)C)nc2)cs1. The number of nitrogens with zero attached hydrogens (tertiary/aromatic N) is 3. The molecule has 2 aromatic rings. The van der Waals surface area contributed by atoms with Crippen molar-refractivity contribution in [1.29, 1.82) is 0 Å². The van der Waals surface area contributed by atoms with Crippen molar-refractivity contribution < 1.29 is 0 Å². The molecule has 0 aliphatic carbocycles. The topological polar surface area (TPSA) is 50.7 Å². The van der Waals surface area contributed by atoms with Crippen LogP contribution < -0.4 is 5.32 Å². The van der Waals surface area contributed by atoms with Gasteiger partial charge in [-0.2, -0.15) is 0 Å². The molecule has 0 bridgehead atoms. The van der Waals surface area contributed by atoms with Crippen LogP contribution in [0.3, 0.4) is 0 Å². The zero-order chi connectivity index (χ0) is 12.5. The maximum atomic E-state index is 4.40. The van der Waals surface area contributed by atoms with E-state index in [0.717, 1.165) is 16.3 Å². The molecule has 0 spiro atoms. The standard InChI is InChI=1S/C12H16N4S/c1-8-15-10(7-17-8)9-5-13-11(14-6-9)16-12(2,3)4/h5-7H,1-4H3,(H,13,14,16). The van der Waals surface area contributed by atoms with Gasteiger partial charge in [0, 0.05) is 28.9 Å². The quantitative estimate of drug-likeness (QED) is 0.887. The van der Waals surface area contributed by atoms with Gasteiger partial charge in [-0.05, 0) is 27.7 Å². The molecule has 0 saturated heterocycles. The van der Waals surface area contributed by atoms with Gasteiger partial charge in [0.05, 0.1) is 10.7 Å². The number of aryl methyl sites for hydroxylation is 1. The highest BCUT2D eigenvalue weighted by molar-refractivity contribution is 7.09. The third-order valence-electron chi connectivity index (χ3n) is 2.05. The molecule has 0 radical (unpaired) electrons. The highest BCUT2D eigenvalue weighted by atomic mass is 32.1. The zero-order valence-corrected chi connectivity index (χ0v) is 11.3. The normalized spacial score (nSPS) is 11.5. The predicted octanol–water partition coefficient (Wildman–Crippen LogP) is 3.12. The average molecular weight is 248 g/mol. The lowest BCUT2D eigenvalue weighted by molar-refractivity contribution is 0.626. The lowest BCUT2D eigenvalue weighted by atomic mass is 10.1. The van der Waals surface area contributed by atoms with E-state index in [1.807, 2.05) is 12.3 Å². The molecule has 5 heteroatoms. The first kappa shape index (κ1) is 12.0. The van der Waals surface area contributed by atoms with Crippen molar-refractivity contribution in [2.75, 3.05) is 5.32 Å². The molecule has 0 saturated carbocycles. The number of hydrogen-bond acceptors (Lipinski definition) is 5. The molecule has 0 aromatic carbocycles. The summed E-state index contributed by atoms with van der Waals surface area (Å²) in [4.78, 5) is 13.0. The van der Waals surface area contributed by atoms with Gasteiger partial charge in [0.1, 0.15) is 0 Å². The summed E-state index contributed by atoms with van der Waals surface area (Å²) in [7, 11) is 0. The Balaban J connectivity index is 2.19. The molecule has 0 fully saturated rings. The Morgan fingerprint density at radius 2 is 1.82 bits per heavy atom. The molecule has 4 nitrogen and oxygen atoms in total. The Bertz CT molecular complexity index is 496. The molecular weight excluding hydrogens is 232 g/mol. The fraction of sp³-hybridized carbons (Fsp3) is 0.417. The second kappa shape index (κ2) is 4.41. The van der Waals surface area contributed by atoms with Crippen LogP contribution in [0.4, 0.5) is 5.95 Å². The lowest BCUT2D eigenvalue weighted by Gasteiger charge is -2.20. The van der Waals surface area contributed by atoms with Gasteiger partial charge in [-0.3, -0.25) is 0 Å². The van der Waals surface area contributed by atoms with Gasteiger partial charge in [-0.15, -0.1) is 11.3 Å². The van der Waals surface area contributed by atoms with Crippen LogP contribution in [0.1, 0.15) is 25.8 Å². The summed E-state index contributed by atoms with van der Waals surface area (Å²) < 4.78 is 0. The van der Waals surface area contributed by atoms with E-state index in [0.29, 0.717) is 5.95 Å². The Kier molecular flexibility index (Phi) is 3.11. The van der Waals surface area contributed by atoms with Crippen LogP contribution in [0.25, 0.3) is 11.3 Å². The van der Waals surface area contributed by atoms with Crippen molar-refractivity contribution in [3.8, 4) is 11.3 Å². The monoisotopic (exact) mass is 248 g/mol. The number of hydrogen-bond donors (Lipinski definition) is 1. The van der Waals surface area contributed by atoms with Gasteiger partial charge in [0.2, 0.25) is 5.95 Å². The first-order chi connectivity index (χ1) is 7.94. The summed E-state index contributed by atoms with van der Waals surface area (Å²) >= 11 is 1.63. The van der Waals surface area contributed by atoms with Crippen LogP contribution >= 0.6 is 11.3 Å². The van der Waals surface area contributed by atoms with Crippen LogP contribution in [-0.2, 0) is 0 Å². The minimum absolute atomic E-state index is 0.0290. The summed E-state index contributed by atoms with van der Waals surface area (Å²) in [6.45, 7) is 8.22. The minimum atomic E-state index is -0.0290. The third kappa shape index (κ3) is 3.23. The van der Waals surface area contributed by atoms with E-state index < -0.39 is 0 Å². The van der Waals surface area contributed by atoms with Gasteiger partial charge in [-0.1, -0.05) is 0 Å². The second-order valence-electron chi connectivity index (χ2n) is 4.92. The van der Waals surface area contributed by atoms with Crippen molar-refractivity contribution in [2.24, 2.45) is 0 Å². The van der Waals surface area contributed by atoms with Crippen LogP contribution in [0.2, 0.25) is 0 Å². The maximum Gasteiger partial charge on any atom is 0.223 e. The molecule has 2 rings (SSSR count). The van der Waals surface area contributed by atoms with Crippen LogP contribution in [0.15, 0.2) is 17.8 Å². The van der Waals surface area contributed by atoms with E-state index in [4.69, 9.17) is 0 Å². The number of aromatic nitrogens is 3. The van der Waals surface area contributed by atoms with Crippen LogP contribution in [-0.4, -0.2) is 20.5 Å². The molecule has 2 heterocycles. The third-order valence-corrected chi connectivity index (χ3v) is 2.83. The fourth-order valence-electron chi connectivity index (χ4n) is 1.36. The van der Waals surface area contributed by atoms with Crippen molar-refractivity contribution in [2.45, 2.75) is 33.2 Å². The molecule has 90 valence electrons.